The Morgan fingerprint density at radius 3 is 2.33 bits per heavy atom. The molecule has 0 saturated carbocycles. The fourth-order valence-corrected chi connectivity index (χ4v) is 1.84. The van der Waals surface area contributed by atoms with Crippen molar-refractivity contribution in [2.45, 2.75) is 6.18 Å². The minimum atomic E-state index is -4.43. The molecular weight excluding hydrogens is 286 g/mol. The molecule has 6 heteroatoms. The van der Waals surface area contributed by atoms with Gasteiger partial charge in [0.2, 0.25) is 0 Å². The molecular formula is C15H13F4NO. The number of halogens is 4. The lowest BCUT2D eigenvalue weighted by Crippen LogP contribution is -2.11. The summed E-state index contributed by atoms with van der Waals surface area (Å²) in [5, 5.41) is 0. The fraction of sp³-hybridized carbons (Fsp3) is 0.200. The summed E-state index contributed by atoms with van der Waals surface area (Å²) in [5.74, 6) is -0.616. The van der Waals surface area contributed by atoms with Gasteiger partial charge in [-0.2, -0.15) is 13.2 Å². The molecule has 0 saturated heterocycles. The minimum absolute atomic E-state index is 0.0242. The van der Waals surface area contributed by atoms with Gasteiger partial charge in [0.25, 0.3) is 0 Å². The highest BCUT2D eigenvalue weighted by Gasteiger charge is 2.30. The molecule has 0 aliphatic rings. The molecule has 112 valence electrons. The van der Waals surface area contributed by atoms with Crippen molar-refractivity contribution >= 4 is 0 Å². The molecule has 0 radical (unpaired) electrons. The van der Waals surface area contributed by atoms with Crippen LogP contribution in [0.1, 0.15) is 5.56 Å². The maximum Gasteiger partial charge on any atom is 0.416 e. The van der Waals surface area contributed by atoms with Crippen molar-refractivity contribution in [2.24, 2.45) is 5.73 Å². The fourth-order valence-electron chi connectivity index (χ4n) is 1.84. The van der Waals surface area contributed by atoms with E-state index in [1.807, 2.05) is 0 Å². The normalized spacial score (nSPS) is 11.5. The molecule has 0 unspecified atom stereocenters. The van der Waals surface area contributed by atoms with Crippen LogP contribution in [0.3, 0.4) is 0 Å². The van der Waals surface area contributed by atoms with Crippen LogP contribution in [0.2, 0.25) is 0 Å². The molecule has 2 aromatic rings. The molecule has 0 fully saturated rings. The van der Waals surface area contributed by atoms with Crippen LogP contribution >= 0.6 is 0 Å². The van der Waals surface area contributed by atoms with Crippen molar-refractivity contribution in [2.75, 3.05) is 13.2 Å². The second-order valence-electron chi connectivity index (χ2n) is 4.36. The lowest BCUT2D eigenvalue weighted by Gasteiger charge is -2.10. The summed E-state index contributed by atoms with van der Waals surface area (Å²) in [4.78, 5) is 0. The first-order valence-electron chi connectivity index (χ1n) is 6.22. The smallest absolute Gasteiger partial charge is 0.416 e. The Bertz CT molecular complexity index is 625. The average Bonchev–Trinajstić information content (AvgIpc) is 2.45. The molecule has 0 amide bonds. The molecule has 2 N–H and O–H groups in total. The summed E-state index contributed by atoms with van der Waals surface area (Å²) in [6, 6.07) is 8.75. The molecule has 2 rings (SSSR count). The Hall–Kier alpha value is -2.08. The molecule has 2 aromatic carbocycles. The highest BCUT2D eigenvalue weighted by Crippen LogP contribution is 2.33. The molecule has 0 bridgehead atoms. The quantitative estimate of drug-likeness (QED) is 0.870. The minimum Gasteiger partial charge on any atom is -0.489 e. The van der Waals surface area contributed by atoms with Crippen LogP contribution in [-0.2, 0) is 6.18 Å². The lowest BCUT2D eigenvalue weighted by molar-refractivity contribution is -0.137. The van der Waals surface area contributed by atoms with Crippen LogP contribution in [0, 0.1) is 5.82 Å². The highest BCUT2D eigenvalue weighted by molar-refractivity contribution is 5.65. The summed E-state index contributed by atoms with van der Waals surface area (Å²) in [5.41, 5.74) is 5.11. The summed E-state index contributed by atoms with van der Waals surface area (Å²) in [7, 11) is 0. The predicted octanol–water partition coefficient (Wildman–Crippen LogP) is 3.85. The van der Waals surface area contributed by atoms with E-state index in [1.54, 1.807) is 0 Å². The van der Waals surface area contributed by atoms with E-state index in [-0.39, 0.29) is 24.5 Å². The maximum atomic E-state index is 13.8. The van der Waals surface area contributed by atoms with E-state index >= 15 is 0 Å². The van der Waals surface area contributed by atoms with Gasteiger partial charge in [-0.05, 0) is 35.4 Å². The number of hydrogen-bond donors (Lipinski definition) is 1. The van der Waals surface area contributed by atoms with E-state index in [0.29, 0.717) is 5.56 Å². The van der Waals surface area contributed by atoms with E-state index in [1.165, 1.54) is 24.3 Å². The molecule has 2 nitrogen and oxygen atoms in total. The highest BCUT2D eigenvalue weighted by atomic mass is 19.4. The van der Waals surface area contributed by atoms with Crippen LogP contribution in [0.5, 0.6) is 5.75 Å². The van der Waals surface area contributed by atoms with Gasteiger partial charge in [0.15, 0.2) is 11.6 Å². The zero-order valence-corrected chi connectivity index (χ0v) is 11.0. The van der Waals surface area contributed by atoms with Gasteiger partial charge < -0.3 is 10.5 Å². The third-order valence-corrected chi connectivity index (χ3v) is 2.83. The maximum absolute atomic E-state index is 13.8. The van der Waals surface area contributed by atoms with Gasteiger partial charge in [-0.25, -0.2) is 4.39 Å². The second-order valence-corrected chi connectivity index (χ2v) is 4.36. The Balaban J connectivity index is 2.32. The molecule has 0 atom stereocenters. The Morgan fingerprint density at radius 1 is 1.00 bits per heavy atom. The van der Waals surface area contributed by atoms with Crippen molar-refractivity contribution in [1.82, 2.24) is 0 Å². The standard InChI is InChI=1S/C15H13F4NO/c16-13-9-11(4-5-14(13)21-7-6-20)10-2-1-3-12(8-10)15(17,18)19/h1-5,8-9H,6-7,20H2. The topological polar surface area (TPSA) is 35.2 Å². The average molecular weight is 299 g/mol. The van der Waals surface area contributed by atoms with E-state index in [4.69, 9.17) is 10.5 Å². The van der Waals surface area contributed by atoms with Gasteiger partial charge >= 0.3 is 6.18 Å². The van der Waals surface area contributed by atoms with Crippen molar-refractivity contribution in [3.05, 3.63) is 53.8 Å². The van der Waals surface area contributed by atoms with Gasteiger partial charge in [-0.1, -0.05) is 18.2 Å². The largest absolute Gasteiger partial charge is 0.489 e. The first kappa shape index (κ1) is 15.3. The summed E-state index contributed by atoms with van der Waals surface area (Å²) in [6.45, 7) is 0.411. The molecule has 0 aliphatic carbocycles. The van der Waals surface area contributed by atoms with Crippen molar-refractivity contribution in [1.29, 1.82) is 0 Å². The van der Waals surface area contributed by atoms with Gasteiger partial charge in [0.05, 0.1) is 5.56 Å². The van der Waals surface area contributed by atoms with Gasteiger partial charge in [0.1, 0.15) is 6.61 Å². The van der Waals surface area contributed by atoms with E-state index < -0.39 is 17.6 Å². The van der Waals surface area contributed by atoms with Crippen LogP contribution in [0.4, 0.5) is 17.6 Å². The van der Waals surface area contributed by atoms with Crippen molar-refractivity contribution in [3.8, 4) is 16.9 Å². The number of alkyl halides is 3. The first-order chi connectivity index (χ1) is 9.91. The van der Waals surface area contributed by atoms with Crippen LogP contribution in [-0.4, -0.2) is 13.2 Å². The Labute approximate surface area is 119 Å². The van der Waals surface area contributed by atoms with Crippen LogP contribution < -0.4 is 10.5 Å². The van der Waals surface area contributed by atoms with Gasteiger partial charge in [0, 0.05) is 6.54 Å². The Morgan fingerprint density at radius 2 is 1.71 bits per heavy atom. The van der Waals surface area contributed by atoms with Gasteiger partial charge in [-0.15, -0.1) is 0 Å². The number of hydrogen-bond acceptors (Lipinski definition) is 2. The zero-order valence-electron chi connectivity index (χ0n) is 11.0. The molecule has 0 aliphatic heterocycles. The van der Waals surface area contributed by atoms with E-state index in [9.17, 15) is 17.6 Å². The SMILES string of the molecule is NCCOc1ccc(-c2cccc(C(F)(F)F)c2)cc1F. The summed E-state index contributed by atoms with van der Waals surface area (Å²) >= 11 is 0. The monoisotopic (exact) mass is 299 g/mol. The zero-order chi connectivity index (χ0) is 15.5. The van der Waals surface area contributed by atoms with Crippen LogP contribution in [0.25, 0.3) is 11.1 Å². The predicted molar refractivity (Wildman–Crippen MR) is 71.4 cm³/mol. The molecule has 0 aromatic heterocycles. The molecule has 0 heterocycles. The summed E-state index contributed by atoms with van der Waals surface area (Å²) < 4.78 is 56.9. The molecule has 21 heavy (non-hydrogen) atoms. The Kier molecular flexibility index (Phi) is 4.47. The number of ether oxygens (including phenoxy) is 1. The molecule has 0 spiro atoms. The number of rotatable bonds is 4. The van der Waals surface area contributed by atoms with E-state index in [0.717, 1.165) is 18.2 Å². The summed E-state index contributed by atoms with van der Waals surface area (Å²) in [6.07, 6.45) is -4.43. The van der Waals surface area contributed by atoms with Crippen molar-refractivity contribution < 1.29 is 22.3 Å². The van der Waals surface area contributed by atoms with Gasteiger partial charge in [-0.3, -0.25) is 0 Å². The van der Waals surface area contributed by atoms with E-state index in [2.05, 4.69) is 0 Å². The van der Waals surface area contributed by atoms with Crippen molar-refractivity contribution in [3.63, 3.8) is 0 Å². The second kappa shape index (κ2) is 6.13. The third kappa shape index (κ3) is 3.72. The first-order valence-corrected chi connectivity index (χ1v) is 6.22. The lowest BCUT2D eigenvalue weighted by atomic mass is 10.0. The number of nitrogens with two attached hydrogens (primary N) is 1. The van der Waals surface area contributed by atoms with Crippen LogP contribution in [0.15, 0.2) is 42.5 Å². The third-order valence-electron chi connectivity index (χ3n) is 2.83. The number of benzene rings is 2.